The van der Waals surface area contributed by atoms with Crippen molar-refractivity contribution >= 4 is 35.7 Å². The lowest BCUT2D eigenvalue weighted by Crippen LogP contribution is -2.58. The summed E-state index contributed by atoms with van der Waals surface area (Å²) in [6.45, 7) is 6.08. The van der Waals surface area contributed by atoms with Crippen LogP contribution in [0.3, 0.4) is 0 Å². The minimum Gasteiger partial charge on any atom is -0.494 e. The lowest BCUT2D eigenvalue weighted by molar-refractivity contribution is -0.236. The molecule has 3 rings (SSSR count). The Morgan fingerprint density at radius 2 is 1.51 bits per heavy atom. The quantitative estimate of drug-likeness (QED) is 0.290. The van der Waals surface area contributed by atoms with Gasteiger partial charge in [-0.05, 0) is 48.2 Å². The minimum atomic E-state index is -1.21. The first kappa shape index (κ1) is 28.1. The van der Waals surface area contributed by atoms with Crippen LogP contribution in [0, 0.1) is 5.41 Å². The average molecular weight is 532 g/mol. The van der Waals surface area contributed by atoms with Gasteiger partial charge in [0.15, 0.2) is 18.3 Å². The van der Waals surface area contributed by atoms with E-state index in [9.17, 15) is 14.4 Å². The van der Waals surface area contributed by atoms with Crippen molar-refractivity contribution in [2.24, 2.45) is 0 Å². The summed E-state index contributed by atoms with van der Waals surface area (Å²) in [5, 5.41) is 8.38. The van der Waals surface area contributed by atoms with Crippen LogP contribution in [-0.2, 0) is 39.8 Å². The SMILES string of the molecule is CCOc1ccc(Cc2cc([C@@H]3O[C@H](C=N)[C@@H](OC(C)=O)[C@H](OC(C)=O)[C@H]3OC(C)=O)ccc2Cl)cc1. The maximum absolute atomic E-state index is 12.0. The van der Waals surface area contributed by atoms with Crippen LogP contribution in [0.4, 0.5) is 0 Å². The summed E-state index contributed by atoms with van der Waals surface area (Å²) in [7, 11) is 0. The number of nitrogens with one attached hydrogen (secondary N) is 1. The first-order chi connectivity index (χ1) is 17.6. The summed E-state index contributed by atoms with van der Waals surface area (Å²) in [5.74, 6) is -1.21. The van der Waals surface area contributed by atoms with Crippen molar-refractivity contribution in [3.63, 3.8) is 0 Å². The molecule has 0 radical (unpaired) electrons. The molecule has 0 amide bonds. The van der Waals surface area contributed by atoms with Gasteiger partial charge in [0.05, 0.1) is 6.61 Å². The fourth-order valence-electron chi connectivity index (χ4n) is 4.24. The Kier molecular flexibility index (Phi) is 9.66. The van der Waals surface area contributed by atoms with E-state index in [-0.39, 0.29) is 0 Å². The zero-order chi connectivity index (χ0) is 27.1. The summed E-state index contributed by atoms with van der Waals surface area (Å²) >= 11 is 6.51. The molecule has 37 heavy (non-hydrogen) atoms. The molecule has 0 aromatic heterocycles. The molecule has 10 heteroatoms. The molecule has 1 heterocycles. The molecular formula is C27H30ClNO8. The summed E-state index contributed by atoms with van der Waals surface area (Å²) in [6, 6.07) is 12.9. The number of halogens is 1. The molecule has 1 fully saturated rings. The minimum absolute atomic E-state index is 0.501. The Labute approximate surface area is 220 Å². The summed E-state index contributed by atoms with van der Waals surface area (Å²) in [6.07, 6.45) is -4.09. The molecule has 0 bridgehead atoms. The lowest BCUT2D eigenvalue weighted by Gasteiger charge is -2.43. The van der Waals surface area contributed by atoms with Gasteiger partial charge in [-0.25, -0.2) is 0 Å². The zero-order valence-electron chi connectivity index (χ0n) is 21.1. The van der Waals surface area contributed by atoms with Crippen molar-refractivity contribution in [1.29, 1.82) is 5.41 Å². The highest BCUT2D eigenvalue weighted by Crippen LogP contribution is 2.38. The van der Waals surface area contributed by atoms with Crippen molar-refractivity contribution in [3.8, 4) is 5.75 Å². The van der Waals surface area contributed by atoms with Crippen LogP contribution in [0.25, 0.3) is 0 Å². The molecule has 9 nitrogen and oxygen atoms in total. The van der Waals surface area contributed by atoms with Crippen LogP contribution in [0.2, 0.25) is 5.02 Å². The Hall–Kier alpha value is -3.43. The normalized spacial score (nSPS) is 23.0. The van der Waals surface area contributed by atoms with Gasteiger partial charge in [0.2, 0.25) is 0 Å². The molecule has 0 saturated carbocycles. The van der Waals surface area contributed by atoms with Crippen LogP contribution >= 0.6 is 11.6 Å². The number of hydrogen-bond donors (Lipinski definition) is 1. The molecule has 198 valence electrons. The van der Waals surface area contributed by atoms with Crippen LogP contribution in [0.15, 0.2) is 42.5 Å². The predicted octanol–water partition coefficient (Wildman–Crippen LogP) is 4.21. The average Bonchev–Trinajstić information content (AvgIpc) is 2.83. The lowest BCUT2D eigenvalue weighted by atomic mass is 9.89. The van der Waals surface area contributed by atoms with Crippen LogP contribution in [0.5, 0.6) is 5.75 Å². The van der Waals surface area contributed by atoms with E-state index in [1.165, 1.54) is 20.8 Å². The molecule has 1 N–H and O–H groups in total. The van der Waals surface area contributed by atoms with Crippen LogP contribution in [-0.4, -0.2) is 55.1 Å². The smallest absolute Gasteiger partial charge is 0.303 e. The van der Waals surface area contributed by atoms with E-state index in [2.05, 4.69) is 0 Å². The van der Waals surface area contributed by atoms with Crippen molar-refractivity contribution in [1.82, 2.24) is 0 Å². The number of carbonyl (C=O) groups excluding carboxylic acids is 3. The van der Waals surface area contributed by atoms with Crippen molar-refractivity contribution in [2.45, 2.75) is 64.6 Å². The maximum Gasteiger partial charge on any atom is 0.303 e. The third-order valence-corrected chi connectivity index (χ3v) is 6.04. The topological polar surface area (TPSA) is 121 Å². The van der Waals surface area contributed by atoms with E-state index >= 15 is 0 Å². The number of carbonyl (C=O) groups is 3. The first-order valence-corrected chi connectivity index (χ1v) is 12.2. The van der Waals surface area contributed by atoms with Gasteiger partial charge >= 0.3 is 17.9 Å². The van der Waals surface area contributed by atoms with Gasteiger partial charge in [-0.3, -0.25) is 14.4 Å². The summed E-state index contributed by atoms with van der Waals surface area (Å²) in [4.78, 5) is 35.8. The number of esters is 3. The highest BCUT2D eigenvalue weighted by Gasteiger charge is 2.51. The van der Waals surface area contributed by atoms with Gasteiger partial charge in [0, 0.05) is 32.0 Å². The van der Waals surface area contributed by atoms with Gasteiger partial charge in [0.1, 0.15) is 18.0 Å². The van der Waals surface area contributed by atoms with E-state index in [0.29, 0.717) is 23.6 Å². The first-order valence-electron chi connectivity index (χ1n) is 11.8. The van der Waals surface area contributed by atoms with Crippen LogP contribution in [0.1, 0.15) is 50.5 Å². The Morgan fingerprint density at radius 1 is 0.919 bits per heavy atom. The largest absolute Gasteiger partial charge is 0.494 e. The Balaban J connectivity index is 2.00. The van der Waals surface area contributed by atoms with Crippen molar-refractivity contribution in [2.75, 3.05) is 6.61 Å². The van der Waals surface area contributed by atoms with E-state index in [1.54, 1.807) is 12.1 Å². The summed E-state index contributed by atoms with van der Waals surface area (Å²) in [5.41, 5.74) is 2.36. The Bertz CT molecular complexity index is 1140. The van der Waals surface area contributed by atoms with Gasteiger partial charge in [-0.15, -0.1) is 0 Å². The van der Waals surface area contributed by atoms with Gasteiger partial charge in [-0.1, -0.05) is 35.9 Å². The standard InChI is InChI=1S/C27H30ClNO8/c1-5-33-21-9-6-18(7-10-21)12-20-13-19(8-11-22(20)28)24-26(35-16(3)31)27(36-17(4)32)25(34-15(2)30)23(14-29)37-24/h6-11,13-14,23-27,29H,5,12H2,1-4H3/t23-,24+,25-,26+,27+/m1/s1. The number of benzene rings is 2. The van der Waals surface area contributed by atoms with E-state index < -0.39 is 48.4 Å². The zero-order valence-corrected chi connectivity index (χ0v) is 21.8. The second kappa shape index (κ2) is 12.7. The van der Waals surface area contributed by atoms with Gasteiger partial charge in [0.25, 0.3) is 0 Å². The molecule has 5 atom stereocenters. The fraction of sp³-hybridized carbons (Fsp3) is 0.407. The number of rotatable bonds is 9. The van der Waals surface area contributed by atoms with Gasteiger partial charge < -0.3 is 29.1 Å². The molecule has 0 unspecified atom stereocenters. The second-order valence-electron chi connectivity index (χ2n) is 8.51. The number of ether oxygens (including phenoxy) is 5. The Morgan fingerprint density at radius 3 is 2.08 bits per heavy atom. The third kappa shape index (κ3) is 7.30. The molecule has 1 aliphatic heterocycles. The van der Waals surface area contributed by atoms with E-state index in [4.69, 9.17) is 40.7 Å². The third-order valence-electron chi connectivity index (χ3n) is 5.67. The van der Waals surface area contributed by atoms with Crippen LogP contribution < -0.4 is 4.74 Å². The highest BCUT2D eigenvalue weighted by molar-refractivity contribution is 6.31. The van der Waals surface area contributed by atoms with E-state index in [1.807, 2.05) is 37.3 Å². The number of hydrogen-bond acceptors (Lipinski definition) is 9. The molecule has 1 aliphatic rings. The van der Waals surface area contributed by atoms with Gasteiger partial charge in [-0.2, -0.15) is 0 Å². The molecule has 0 aliphatic carbocycles. The fourth-order valence-corrected chi connectivity index (χ4v) is 4.43. The molecule has 2 aromatic rings. The predicted molar refractivity (Wildman–Crippen MR) is 135 cm³/mol. The second-order valence-corrected chi connectivity index (χ2v) is 8.92. The molecule has 2 aromatic carbocycles. The van der Waals surface area contributed by atoms with Crippen molar-refractivity contribution < 1.29 is 38.1 Å². The molecule has 0 spiro atoms. The highest BCUT2D eigenvalue weighted by atomic mass is 35.5. The monoisotopic (exact) mass is 531 g/mol. The van der Waals surface area contributed by atoms with Crippen molar-refractivity contribution in [3.05, 3.63) is 64.2 Å². The molecular weight excluding hydrogens is 502 g/mol. The summed E-state index contributed by atoms with van der Waals surface area (Å²) < 4.78 is 28.0. The molecule has 1 saturated heterocycles. The maximum atomic E-state index is 12.0. The van der Waals surface area contributed by atoms with E-state index in [0.717, 1.165) is 23.1 Å².